The van der Waals surface area contributed by atoms with Gasteiger partial charge in [0.2, 0.25) is 0 Å². The Balaban J connectivity index is 2.86. The SMILES string of the molecule is CCOS(=O)(=O)c1cc(C(C)(C)C)cc2cc(C(C)(C)C)ccc12. The van der Waals surface area contributed by atoms with Crippen molar-refractivity contribution in [2.45, 2.75) is 64.2 Å². The number of rotatable bonds is 3. The maximum absolute atomic E-state index is 12.6. The molecule has 0 aromatic heterocycles. The lowest BCUT2D eigenvalue weighted by Crippen LogP contribution is -2.15. The molecular formula is C20H28O3S. The van der Waals surface area contributed by atoms with Gasteiger partial charge in [0.1, 0.15) is 4.90 Å². The van der Waals surface area contributed by atoms with Crippen molar-refractivity contribution < 1.29 is 12.6 Å². The molecule has 0 atom stereocenters. The number of fused-ring (bicyclic) bond motifs is 1. The zero-order chi connectivity index (χ0) is 18.3. The van der Waals surface area contributed by atoms with E-state index in [9.17, 15) is 8.42 Å². The van der Waals surface area contributed by atoms with E-state index in [0.29, 0.717) is 5.39 Å². The van der Waals surface area contributed by atoms with E-state index >= 15 is 0 Å². The highest BCUT2D eigenvalue weighted by Crippen LogP contribution is 2.34. The first kappa shape index (κ1) is 18.9. The zero-order valence-corrected chi connectivity index (χ0v) is 16.5. The summed E-state index contributed by atoms with van der Waals surface area (Å²) in [6.45, 7) is 14.5. The van der Waals surface area contributed by atoms with Crippen LogP contribution in [0.1, 0.15) is 59.6 Å². The Kier molecular flexibility index (Phi) is 4.86. The molecule has 0 bridgehead atoms. The van der Waals surface area contributed by atoms with Gasteiger partial charge in [-0.25, -0.2) is 0 Å². The van der Waals surface area contributed by atoms with E-state index in [1.54, 1.807) is 13.0 Å². The topological polar surface area (TPSA) is 43.4 Å². The van der Waals surface area contributed by atoms with Crippen molar-refractivity contribution in [3.63, 3.8) is 0 Å². The Labute approximate surface area is 146 Å². The van der Waals surface area contributed by atoms with E-state index in [2.05, 4.69) is 53.7 Å². The van der Waals surface area contributed by atoms with Gasteiger partial charge in [0, 0.05) is 5.39 Å². The van der Waals surface area contributed by atoms with Gasteiger partial charge in [-0.3, -0.25) is 4.18 Å². The predicted molar refractivity (Wildman–Crippen MR) is 100 cm³/mol. The van der Waals surface area contributed by atoms with Gasteiger partial charge in [0.15, 0.2) is 0 Å². The number of hydrogen-bond acceptors (Lipinski definition) is 3. The van der Waals surface area contributed by atoms with Gasteiger partial charge >= 0.3 is 0 Å². The van der Waals surface area contributed by atoms with Gasteiger partial charge in [0.25, 0.3) is 10.1 Å². The Hall–Kier alpha value is -1.39. The summed E-state index contributed by atoms with van der Waals surface area (Å²) in [7, 11) is -3.77. The van der Waals surface area contributed by atoms with Crippen LogP contribution >= 0.6 is 0 Å². The third-order valence-corrected chi connectivity index (χ3v) is 5.61. The van der Waals surface area contributed by atoms with E-state index in [-0.39, 0.29) is 22.3 Å². The standard InChI is InChI=1S/C20H28O3S/c1-8-23-24(21,22)18-13-16(20(5,6)7)12-14-11-15(19(2,3)4)9-10-17(14)18/h9-13H,8H2,1-7H3. The highest BCUT2D eigenvalue weighted by molar-refractivity contribution is 7.87. The summed E-state index contributed by atoms with van der Waals surface area (Å²) in [5.74, 6) is 0. The average molecular weight is 349 g/mol. The van der Waals surface area contributed by atoms with Crippen LogP contribution in [-0.2, 0) is 25.1 Å². The fraction of sp³-hybridized carbons (Fsp3) is 0.500. The van der Waals surface area contributed by atoms with E-state index in [0.717, 1.165) is 10.9 Å². The molecule has 0 aliphatic rings. The first-order valence-corrected chi connectivity index (χ1v) is 9.75. The molecule has 3 nitrogen and oxygen atoms in total. The molecule has 0 heterocycles. The predicted octanol–water partition coefficient (Wildman–Crippen LogP) is 5.16. The Morgan fingerprint density at radius 3 is 1.92 bits per heavy atom. The molecule has 2 rings (SSSR count). The van der Waals surface area contributed by atoms with Gasteiger partial charge < -0.3 is 0 Å². The summed E-state index contributed by atoms with van der Waals surface area (Å²) in [4.78, 5) is 0.257. The average Bonchev–Trinajstić information content (AvgIpc) is 2.43. The fourth-order valence-electron chi connectivity index (χ4n) is 2.66. The fourth-order valence-corrected chi connectivity index (χ4v) is 3.82. The van der Waals surface area contributed by atoms with E-state index in [1.165, 1.54) is 5.56 Å². The summed E-state index contributed by atoms with van der Waals surface area (Å²) in [6.07, 6.45) is 0. The minimum absolute atomic E-state index is 0.00485. The van der Waals surface area contributed by atoms with Crippen LogP contribution in [0.4, 0.5) is 0 Å². The van der Waals surface area contributed by atoms with Gasteiger partial charge in [-0.1, -0.05) is 65.8 Å². The first-order chi connectivity index (χ1) is 10.9. The minimum atomic E-state index is -3.77. The summed E-state index contributed by atoms with van der Waals surface area (Å²) in [5.41, 5.74) is 2.02. The van der Waals surface area contributed by atoms with Crippen molar-refractivity contribution >= 4 is 20.9 Å². The van der Waals surface area contributed by atoms with Crippen molar-refractivity contribution in [1.29, 1.82) is 0 Å². The van der Waals surface area contributed by atoms with Crippen molar-refractivity contribution in [2.24, 2.45) is 0 Å². The molecule has 0 N–H and O–H groups in total. The second kappa shape index (κ2) is 6.16. The maximum atomic E-state index is 12.6. The van der Waals surface area contributed by atoms with Crippen LogP contribution in [-0.4, -0.2) is 15.0 Å². The first-order valence-electron chi connectivity index (χ1n) is 8.34. The summed E-state index contributed by atoms with van der Waals surface area (Å²) < 4.78 is 30.2. The number of benzene rings is 2. The van der Waals surface area contributed by atoms with E-state index in [1.807, 2.05) is 12.1 Å². The van der Waals surface area contributed by atoms with Gasteiger partial charge in [-0.05, 0) is 40.3 Å². The molecular weight excluding hydrogens is 320 g/mol. The molecule has 2 aromatic carbocycles. The van der Waals surface area contributed by atoms with Crippen LogP contribution in [0, 0.1) is 0 Å². The monoisotopic (exact) mass is 348 g/mol. The molecule has 2 aromatic rings. The molecule has 0 aliphatic carbocycles. The maximum Gasteiger partial charge on any atom is 0.297 e. The number of hydrogen-bond donors (Lipinski definition) is 0. The molecule has 24 heavy (non-hydrogen) atoms. The van der Waals surface area contributed by atoms with Gasteiger partial charge in [0.05, 0.1) is 6.61 Å². The minimum Gasteiger partial charge on any atom is -0.267 e. The quantitative estimate of drug-likeness (QED) is 0.720. The summed E-state index contributed by atoms with van der Waals surface area (Å²) in [5, 5.41) is 1.65. The third kappa shape index (κ3) is 3.81. The zero-order valence-electron chi connectivity index (χ0n) is 15.7. The lowest BCUT2D eigenvalue weighted by Gasteiger charge is -2.23. The summed E-state index contributed by atoms with van der Waals surface area (Å²) >= 11 is 0. The molecule has 0 aliphatic heterocycles. The molecule has 0 fully saturated rings. The highest BCUT2D eigenvalue weighted by atomic mass is 32.2. The highest BCUT2D eigenvalue weighted by Gasteiger charge is 2.24. The van der Waals surface area contributed by atoms with E-state index in [4.69, 9.17) is 4.18 Å². The molecule has 0 saturated carbocycles. The molecule has 4 heteroatoms. The lowest BCUT2D eigenvalue weighted by atomic mass is 9.83. The molecule has 132 valence electrons. The van der Waals surface area contributed by atoms with Gasteiger partial charge in [-0.15, -0.1) is 0 Å². The molecule has 0 spiro atoms. The van der Waals surface area contributed by atoms with Crippen LogP contribution in [0.15, 0.2) is 35.2 Å². The molecule has 0 saturated heterocycles. The Bertz CT molecular complexity index is 846. The van der Waals surface area contributed by atoms with Crippen LogP contribution < -0.4 is 0 Å². The van der Waals surface area contributed by atoms with Crippen molar-refractivity contribution in [3.05, 3.63) is 41.5 Å². The molecule has 0 radical (unpaired) electrons. The van der Waals surface area contributed by atoms with Crippen molar-refractivity contribution in [2.75, 3.05) is 6.61 Å². The smallest absolute Gasteiger partial charge is 0.267 e. The Morgan fingerprint density at radius 2 is 1.42 bits per heavy atom. The van der Waals surface area contributed by atoms with Crippen molar-refractivity contribution in [3.8, 4) is 0 Å². The summed E-state index contributed by atoms with van der Waals surface area (Å²) in [6, 6.07) is 9.84. The molecule has 0 unspecified atom stereocenters. The van der Waals surface area contributed by atoms with Gasteiger partial charge in [-0.2, -0.15) is 8.42 Å². The Morgan fingerprint density at radius 1 is 0.875 bits per heavy atom. The van der Waals surface area contributed by atoms with Crippen LogP contribution in [0.2, 0.25) is 0 Å². The van der Waals surface area contributed by atoms with Crippen LogP contribution in [0.5, 0.6) is 0 Å². The van der Waals surface area contributed by atoms with Crippen LogP contribution in [0.25, 0.3) is 10.8 Å². The van der Waals surface area contributed by atoms with Crippen LogP contribution in [0.3, 0.4) is 0 Å². The van der Waals surface area contributed by atoms with Crippen molar-refractivity contribution in [1.82, 2.24) is 0 Å². The molecule has 0 amide bonds. The second-order valence-electron chi connectivity index (χ2n) is 8.27. The van der Waals surface area contributed by atoms with E-state index < -0.39 is 10.1 Å². The largest absolute Gasteiger partial charge is 0.297 e. The third-order valence-electron chi connectivity index (χ3n) is 4.19. The second-order valence-corrected chi connectivity index (χ2v) is 9.85. The lowest BCUT2D eigenvalue weighted by molar-refractivity contribution is 0.338. The normalized spacial score (nSPS) is 13.5.